The molecule has 2 aromatic rings. The molecule has 6 nitrogen and oxygen atoms in total. The Kier molecular flexibility index (Phi) is 5.03. The quantitative estimate of drug-likeness (QED) is 0.489. The van der Waals surface area contributed by atoms with Crippen LogP contribution in [0, 0.1) is 5.82 Å². The maximum atomic E-state index is 13.7. The Bertz CT molecular complexity index is 938. The average molecular weight is 368 g/mol. The van der Waals surface area contributed by atoms with E-state index in [4.69, 9.17) is 0 Å². The first-order valence-corrected chi connectivity index (χ1v) is 8.19. The number of aliphatic hydroxyl groups is 1. The average Bonchev–Trinajstić information content (AvgIpc) is 2.91. The van der Waals surface area contributed by atoms with E-state index in [0.29, 0.717) is 5.56 Å². The van der Waals surface area contributed by atoms with Gasteiger partial charge in [0.25, 0.3) is 11.7 Å². The standard InChI is InChI=1S/C20H16FNO5/c21-14-8-4-7-13(11-14)17-16(18(25)12-5-2-1-3-6-12)19(26)20(27)22(17)10-9-15(23)24/h1-8,11,17,25H,9-10H2,(H,23,24)/p-1/t17-/m0/s1. The molecule has 138 valence electrons. The lowest BCUT2D eigenvalue weighted by atomic mass is 9.95. The fraction of sp³-hybridized carbons (Fsp3) is 0.150. The largest absolute Gasteiger partial charge is 0.550 e. The normalized spacial score (nSPS) is 18.7. The van der Waals surface area contributed by atoms with Crippen molar-refractivity contribution in [2.45, 2.75) is 12.5 Å². The molecule has 3 rings (SSSR count). The van der Waals surface area contributed by atoms with E-state index in [1.807, 2.05) is 0 Å². The topological polar surface area (TPSA) is 97.7 Å². The summed E-state index contributed by atoms with van der Waals surface area (Å²) >= 11 is 0. The van der Waals surface area contributed by atoms with Crippen molar-refractivity contribution in [3.63, 3.8) is 0 Å². The van der Waals surface area contributed by atoms with Gasteiger partial charge in [-0.2, -0.15) is 0 Å². The molecule has 1 N–H and O–H groups in total. The number of carbonyl (C=O) groups is 3. The third kappa shape index (κ3) is 3.57. The number of hydrogen-bond acceptors (Lipinski definition) is 5. The SMILES string of the molecule is O=C([O-])CCN1C(=O)C(=O)C(=C(O)c2ccccc2)[C@@H]1c1cccc(F)c1. The molecule has 1 heterocycles. The van der Waals surface area contributed by atoms with E-state index < -0.39 is 41.7 Å². The zero-order valence-corrected chi connectivity index (χ0v) is 14.1. The van der Waals surface area contributed by atoms with Crippen molar-refractivity contribution in [1.29, 1.82) is 0 Å². The molecule has 0 unspecified atom stereocenters. The van der Waals surface area contributed by atoms with Crippen LogP contribution in [0.15, 0.2) is 60.2 Å². The van der Waals surface area contributed by atoms with E-state index in [0.717, 1.165) is 11.0 Å². The van der Waals surface area contributed by atoms with Crippen molar-refractivity contribution in [2.75, 3.05) is 6.54 Å². The minimum Gasteiger partial charge on any atom is -0.550 e. The molecule has 1 amide bonds. The second-order valence-electron chi connectivity index (χ2n) is 6.04. The number of nitrogens with zero attached hydrogens (tertiary/aromatic N) is 1. The molecule has 0 saturated carbocycles. The first kappa shape index (κ1) is 18.3. The number of hydrogen-bond donors (Lipinski definition) is 1. The second kappa shape index (κ2) is 7.41. The molecule has 1 aliphatic heterocycles. The Labute approximate surface area is 154 Å². The van der Waals surface area contributed by atoms with Crippen LogP contribution in [0.4, 0.5) is 4.39 Å². The Morgan fingerprint density at radius 3 is 2.44 bits per heavy atom. The summed E-state index contributed by atoms with van der Waals surface area (Å²) in [6, 6.07) is 12.3. The molecule has 0 radical (unpaired) electrons. The molecule has 1 saturated heterocycles. The lowest BCUT2D eigenvalue weighted by Crippen LogP contribution is -2.34. The van der Waals surface area contributed by atoms with Crippen LogP contribution in [0.5, 0.6) is 0 Å². The van der Waals surface area contributed by atoms with E-state index in [-0.39, 0.29) is 17.7 Å². The van der Waals surface area contributed by atoms with Gasteiger partial charge >= 0.3 is 0 Å². The number of ketones is 1. The van der Waals surface area contributed by atoms with Gasteiger partial charge in [-0.3, -0.25) is 9.59 Å². The minimum absolute atomic E-state index is 0.213. The van der Waals surface area contributed by atoms with E-state index in [1.54, 1.807) is 30.3 Å². The van der Waals surface area contributed by atoms with E-state index >= 15 is 0 Å². The van der Waals surface area contributed by atoms with Crippen LogP contribution in [0.3, 0.4) is 0 Å². The van der Waals surface area contributed by atoms with Crippen LogP contribution in [-0.4, -0.2) is 34.2 Å². The molecule has 0 bridgehead atoms. The number of carboxylic acid groups (broad SMARTS) is 1. The molecule has 1 atom stereocenters. The van der Waals surface area contributed by atoms with Gasteiger partial charge in [0.15, 0.2) is 0 Å². The smallest absolute Gasteiger partial charge is 0.295 e. The number of halogens is 1. The Hall–Kier alpha value is -3.48. The van der Waals surface area contributed by atoms with Crippen molar-refractivity contribution in [2.24, 2.45) is 0 Å². The van der Waals surface area contributed by atoms with Crippen LogP contribution in [-0.2, 0) is 14.4 Å². The maximum absolute atomic E-state index is 13.7. The number of Topliss-reactive ketones (excluding diaryl/α,β-unsaturated/α-hetero) is 1. The third-order valence-corrected chi connectivity index (χ3v) is 4.31. The predicted molar refractivity (Wildman–Crippen MR) is 91.5 cm³/mol. The second-order valence-corrected chi connectivity index (χ2v) is 6.04. The summed E-state index contributed by atoms with van der Waals surface area (Å²) in [6.45, 7) is -0.306. The highest BCUT2D eigenvalue weighted by Crippen LogP contribution is 2.39. The number of amides is 1. The molecular weight excluding hydrogens is 353 g/mol. The summed E-state index contributed by atoms with van der Waals surface area (Å²) < 4.78 is 13.7. The van der Waals surface area contributed by atoms with Gasteiger partial charge in [-0.1, -0.05) is 42.5 Å². The fourth-order valence-corrected chi connectivity index (χ4v) is 3.10. The molecule has 1 fully saturated rings. The minimum atomic E-state index is -1.39. The summed E-state index contributed by atoms with van der Waals surface area (Å²) in [5, 5.41) is 21.5. The lowest BCUT2D eigenvalue weighted by molar-refractivity contribution is -0.305. The number of aliphatic carboxylic acids is 1. The monoisotopic (exact) mass is 368 g/mol. The fourth-order valence-electron chi connectivity index (χ4n) is 3.10. The molecule has 0 aliphatic carbocycles. The van der Waals surface area contributed by atoms with Crippen LogP contribution >= 0.6 is 0 Å². The van der Waals surface area contributed by atoms with Crippen LogP contribution < -0.4 is 5.11 Å². The van der Waals surface area contributed by atoms with Gasteiger partial charge in [-0.15, -0.1) is 0 Å². The van der Waals surface area contributed by atoms with Crippen molar-refractivity contribution >= 4 is 23.4 Å². The van der Waals surface area contributed by atoms with Crippen molar-refractivity contribution < 1.29 is 29.0 Å². The third-order valence-electron chi connectivity index (χ3n) is 4.31. The van der Waals surface area contributed by atoms with Gasteiger partial charge in [0.1, 0.15) is 11.6 Å². The molecule has 0 aromatic heterocycles. The van der Waals surface area contributed by atoms with Crippen molar-refractivity contribution in [3.05, 3.63) is 77.1 Å². The van der Waals surface area contributed by atoms with E-state index in [2.05, 4.69) is 0 Å². The van der Waals surface area contributed by atoms with Gasteiger partial charge < -0.3 is 19.9 Å². The molecular formula is C20H15FNO5-. The highest BCUT2D eigenvalue weighted by Gasteiger charge is 2.45. The molecule has 27 heavy (non-hydrogen) atoms. The molecule has 0 spiro atoms. The predicted octanol–water partition coefficient (Wildman–Crippen LogP) is 1.39. The Morgan fingerprint density at radius 2 is 1.81 bits per heavy atom. The van der Waals surface area contributed by atoms with Gasteiger partial charge in [-0.05, 0) is 17.7 Å². The van der Waals surface area contributed by atoms with Crippen LogP contribution in [0.25, 0.3) is 5.76 Å². The number of carbonyl (C=O) groups excluding carboxylic acids is 3. The first-order valence-electron chi connectivity index (χ1n) is 8.19. The van der Waals surface area contributed by atoms with E-state index in [1.165, 1.54) is 18.2 Å². The number of rotatable bonds is 5. The summed E-state index contributed by atoms with van der Waals surface area (Å²) in [7, 11) is 0. The molecule has 1 aliphatic rings. The molecule has 2 aromatic carbocycles. The lowest BCUT2D eigenvalue weighted by Gasteiger charge is -2.25. The number of benzene rings is 2. The zero-order chi connectivity index (χ0) is 19.6. The van der Waals surface area contributed by atoms with Gasteiger partial charge in [-0.25, -0.2) is 4.39 Å². The van der Waals surface area contributed by atoms with Crippen molar-refractivity contribution in [1.82, 2.24) is 4.90 Å². The zero-order valence-electron chi connectivity index (χ0n) is 14.1. The van der Waals surface area contributed by atoms with Crippen LogP contribution in [0.2, 0.25) is 0 Å². The maximum Gasteiger partial charge on any atom is 0.295 e. The van der Waals surface area contributed by atoms with Gasteiger partial charge in [0.05, 0.1) is 11.6 Å². The van der Waals surface area contributed by atoms with Crippen molar-refractivity contribution in [3.8, 4) is 0 Å². The Morgan fingerprint density at radius 1 is 1.11 bits per heavy atom. The number of aliphatic hydroxyl groups excluding tert-OH is 1. The summed E-state index contributed by atoms with van der Waals surface area (Å²) in [6.07, 6.45) is -0.496. The summed E-state index contributed by atoms with van der Waals surface area (Å²) in [5.41, 5.74) is 0.358. The highest BCUT2D eigenvalue weighted by molar-refractivity contribution is 6.46. The summed E-state index contributed by atoms with van der Waals surface area (Å²) in [5.74, 6) is -4.29. The van der Waals surface area contributed by atoms with Gasteiger partial charge in [0, 0.05) is 24.5 Å². The van der Waals surface area contributed by atoms with Gasteiger partial charge in [0.2, 0.25) is 0 Å². The first-order chi connectivity index (χ1) is 12.9. The van der Waals surface area contributed by atoms with Crippen LogP contribution in [0.1, 0.15) is 23.6 Å². The number of likely N-dealkylation sites (tertiary alicyclic amines) is 1. The highest BCUT2D eigenvalue weighted by atomic mass is 19.1. The molecule has 7 heteroatoms. The number of carboxylic acids is 1. The Balaban J connectivity index is 2.16. The summed E-state index contributed by atoms with van der Waals surface area (Å²) in [4.78, 5) is 36.9. The van der Waals surface area contributed by atoms with E-state index in [9.17, 15) is 29.0 Å².